The molecular formula is C38H70INO2SiSn. The van der Waals surface area contributed by atoms with Gasteiger partial charge in [-0.05, 0) is 56.3 Å². The Bertz CT molecular complexity index is 897. The third-order valence-electron chi connectivity index (χ3n) is 8.31. The maximum absolute atomic E-state index is 12.5. The molecule has 0 bridgehead atoms. The van der Waals surface area contributed by atoms with Crippen molar-refractivity contribution < 1.29 is 9.22 Å². The molecule has 0 aromatic rings. The fourth-order valence-corrected chi connectivity index (χ4v) is 21.5. The van der Waals surface area contributed by atoms with Crippen molar-refractivity contribution >= 4 is 55.2 Å². The van der Waals surface area contributed by atoms with Crippen LogP contribution in [0.5, 0.6) is 0 Å². The zero-order valence-corrected chi connectivity index (χ0v) is 36.5. The summed E-state index contributed by atoms with van der Waals surface area (Å²) in [6.45, 7) is 23.4. The molecule has 1 N–H and O–H groups in total. The number of carbonyl (C=O) groups excluding carboxylic acids is 1. The van der Waals surface area contributed by atoms with E-state index in [9.17, 15) is 4.79 Å². The minimum absolute atomic E-state index is 0.00856. The topological polar surface area (TPSA) is 38.3 Å². The van der Waals surface area contributed by atoms with Crippen molar-refractivity contribution in [3.63, 3.8) is 0 Å². The summed E-state index contributed by atoms with van der Waals surface area (Å²) in [4.78, 5) is 12.5. The minimum atomic E-state index is -2.17. The van der Waals surface area contributed by atoms with Crippen LogP contribution in [0.2, 0.25) is 33.0 Å². The second-order valence-corrected chi connectivity index (χ2v) is 32.4. The van der Waals surface area contributed by atoms with E-state index in [2.05, 4.69) is 122 Å². The summed E-state index contributed by atoms with van der Waals surface area (Å²) < 4.78 is 16.1. The van der Waals surface area contributed by atoms with Crippen LogP contribution in [0.15, 0.2) is 55.8 Å². The Morgan fingerprint density at radius 1 is 0.932 bits per heavy atom. The predicted molar refractivity (Wildman–Crippen MR) is 212 cm³/mol. The van der Waals surface area contributed by atoms with Crippen LogP contribution >= 0.6 is 22.6 Å². The summed E-state index contributed by atoms with van der Waals surface area (Å²) in [5.41, 5.74) is 2.77. The van der Waals surface area contributed by atoms with Crippen LogP contribution in [0.3, 0.4) is 0 Å². The molecule has 0 aliphatic heterocycles. The molecular weight excluding hydrogens is 776 g/mol. The molecule has 44 heavy (non-hydrogen) atoms. The van der Waals surface area contributed by atoms with Crippen molar-refractivity contribution in [2.24, 2.45) is 11.8 Å². The maximum atomic E-state index is 12.5. The fourth-order valence-electron chi connectivity index (χ4n) is 5.56. The van der Waals surface area contributed by atoms with Crippen molar-refractivity contribution in [2.45, 2.75) is 152 Å². The fraction of sp³-hybridized carbons (Fsp3) is 0.711. The second-order valence-electron chi connectivity index (χ2n) is 14.3. The van der Waals surface area contributed by atoms with Crippen LogP contribution in [0.1, 0.15) is 113 Å². The Labute approximate surface area is 293 Å². The molecule has 0 aliphatic rings. The van der Waals surface area contributed by atoms with E-state index in [-0.39, 0.29) is 17.9 Å². The van der Waals surface area contributed by atoms with E-state index < -0.39 is 26.7 Å². The van der Waals surface area contributed by atoms with E-state index in [4.69, 9.17) is 4.43 Å². The quantitative estimate of drug-likeness (QED) is 0.0327. The first-order chi connectivity index (χ1) is 20.8. The molecule has 0 radical (unpaired) electrons. The average molecular weight is 847 g/mol. The zero-order chi connectivity index (χ0) is 33.4. The Morgan fingerprint density at radius 3 is 2.05 bits per heavy atom. The van der Waals surface area contributed by atoms with Gasteiger partial charge in [0, 0.05) is 0 Å². The summed E-state index contributed by atoms with van der Waals surface area (Å²) in [6.07, 6.45) is 25.2. The van der Waals surface area contributed by atoms with Gasteiger partial charge >= 0.3 is 174 Å². The molecule has 0 fully saturated rings. The Morgan fingerprint density at radius 2 is 1.52 bits per heavy atom. The summed E-state index contributed by atoms with van der Waals surface area (Å²) in [5, 5.41) is 3.12. The molecule has 0 aromatic heterocycles. The molecule has 254 valence electrons. The molecule has 0 aromatic carbocycles. The molecule has 0 aliphatic carbocycles. The molecule has 0 saturated heterocycles. The number of allylic oxidation sites excluding steroid dienone is 5. The standard InChI is InChI=1S/C26H43INO2Si.3C4H9.Sn/c1-9-10-13-22(3)20-28-26(29)15-12-11-14-24(5)25(30-31(6,7)8)17-16-21(2)18-23(4)19-27;3*1-3-4-2;/h1,9,11-12,14-16,19,22,24-25H,10,13,17-18,20H2,2-8H3,(H,28,29);3*1,3-4H2,2H3;/b9-1?,14-11+,15-12+,21-16+,23-19+;;;;/t22-,24-,25-;;;;/m0..../s1. The number of hydrogen-bond acceptors (Lipinski definition) is 2. The van der Waals surface area contributed by atoms with Gasteiger partial charge in [-0.15, -0.1) is 0 Å². The first-order valence-corrected chi connectivity index (χ1v) is 30.1. The van der Waals surface area contributed by atoms with Crippen molar-refractivity contribution in [1.29, 1.82) is 0 Å². The van der Waals surface area contributed by atoms with Crippen LogP contribution in [-0.4, -0.2) is 45.3 Å². The zero-order valence-electron chi connectivity index (χ0n) is 30.4. The van der Waals surface area contributed by atoms with E-state index in [1.807, 2.05) is 12.2 Å². The summed E-state index contributed by atoms with van der Waals surface area (Å²) in [7, 11) is -1.68. The number of hydrogen-bond donors (Lipinski definition) is 1. The van der Waals surface area contributed by atoms with Crippen LogP contribution in [0.4, 0.5) is 0 Å². The van der Waals surface area contributed by atoms with Crippen molar-refractivity contribution in [3.8, 4) is 0 Å². The number of nitrogens with one attached hydrogen (secondary N) is 1. The normalized spacial score (nSPS) is 15.9. The van der Waals surface area contributed by atoms with E-state index in [0.29, 0.717) is 5.92 Å². The molecule has 0 unspecified atom stereocenters. The molecule has 3 nitrogen and oxygen atoms in total. The Hall–Kier alpha value is -0.124. The van der Waals surface area contributed by atoms with Gasteiger partial charge in [-0.2, -0.15) is 0 Å². The molecule has 0 spiro atoms. The van der Waals surface area contributed by atoms with Crippen molar-refractivity contribution in [1.82, 2.24) is 5.32 Å². The number of unbranched alkanes of at least 4 members (excludes halogenated alkanes) is 3. The number of amides is 1. The summed E-state index contributed by atoms with van der Waals surface area (Å²) in [5.74, 6) is 0.735. The van der Waals surface area contributed by atoms with Gasteiger partial charge in [-0.25, -0.2) is 0 Å². The number of rotatable bonds is 25. The molecule has 3 atom stereocenters. The van der Waals surface area contributed by atoms with Gasteiger partial charge in [0.25, 0.3) is 0 Å². The van der Waals surface area contributed by atoms with Gasteiger partial charge in [0.15, 0.2) is 8.32 Å². The van der Waals surface area contributed by atoms with E-state index in [0.717, 1.165) is 32.2 Å². The SMILES string of the molecule is CCC[CH2][Sn](/[CH]=C/CC[C@H](C)CNC(=O)/C=C/C=C/[C@H](C)[C@H](C/C=C(\C)C/C(C)=C/I)O[Si](C)(C)C)([CH2]CCC)[CH2]CCC. The van der Waals surface area contributed by atoms with Gasteiger partial charge in [0.1, 0.15) is 0 Å². The molecule has 6 heteroatoms. The van der Waals surface area contributed by atoms with Gasteiger partial charge < -0.3 is 4.43 Å². The van der Waals surface area contributed by atoms with Crippen LogP contribution in [0.25, 0.3) is 0 Å². The van der Waals surface area contributed by atoms with Crippen molar-refractivity contribution in [2.75, 3.05) is 6.54 Å². The third kappa shape index (κ3) is 23.2. The predicted octanol–water partition coefficient (Wildman–Crippen LogP) is 12.5. The van der Waals surface area contributed by atoms with E-state index >= 15 is 0 Å². The first-order valence-electron chi connectivity index (χ1n) is 17.7. The number of halogens is 1. The monoisotopic (exact) mass is 847 g/mol. The first kappa shape index (κ1) is 43.9. The summed E-state index contributed by atoms with van der Waals surface area (Å²) >= 11 is 0.139. The molecule has 1 amide bonds. The number of carbonyl (C=O) groups is 1. The van der Waals surface area contributed by atoms with Gasteiger partial charge in [-0.3, -0.25) is 0 Å². The summed E-state index contributed by atoms with van der Waals surface area (Å²) in [6, 6.07) is 0. The third-order valence-corrected chi connectivity index (χ3v) is 24.6. The van der Waals surface area contributed by atoms with E-state index in [1.165, 1.54) is 63.0 Å². The average Bonchev–Trinajstić information content (AvgIpc) is 2.98. The van der Waals surface area contributed by atoms with E-state index in [1.54, 1.807) is 6.08 Å². The molecule has 0 saturated carbocycles. The van der Waals surface area contributed by atoms with Crippen LogP contribution in [-0.2, 0) is 9.22 Å². The van der Waals surface area contributed by atoms with Crippen LogP contribution < -0.4 is 5.32 Å². The Balaban J connectivity index is 4.91. The Kier molecular flexibility index (Phi) is 25.8. The second kappa shape index (κ2) is 25.9. The van der Waals surface area contributed by atoms with Gasteiger partial charge in [-0.1, -0.05) is 46.7 Å². The molecule has 0 rings (SSSR count). The van der Waals surface area contributed by atoms with Gasteiger partial charge in [0.2, 0.25) is 0 Å². The van der Waals surface area contributed by atoms with Crippen molar-refractivity contribution in [3.05, 3.63) is 55.8 Å². The van der Waals surface area contributed by atoms with Gasteiger partial charge in [0.05, 0.1) is 6.10 Å². The van der Waals surface area contributed by atoms with Crippen LogP contribution in [0, 0.1) is 11.8 Å². The molecule has 0 heterocycles.